The van der Waals surface area contributed by atoms with Crippen molar-refractivity contribution in [2.75, 3.05) is 5.73 Å². The van der Waals surface area contributed by atoms with Gasteiger partial charge < -0.3 is 15.7 Å². The summed E-state index contributed by atoms with van der Waals surface area (Å²) in [5, 5.41) is 16.4. The summed E-state index contributed by atoms with van der Waals surface area (Å²) in [6.45, 7) is 0. The number of hydrogen-bond donors (Lipinski definition) is 2. The zero-order valence-corrected chi connectivity index (χ0v) is 11.6. The summed E-state index contributed by atoms with van der Waals surface area (Å²) in [6.07, 6.45) is 5.31. The van der Waals surface area contributed by atoms with Gasteiger partial charge in [-0.2, -0.15) is 0 Å². The zero-order chi connectivity index (χ0) is 15.0. The Labute approximate surface area is 121 Å². The van der Waals surface area contributed by atoms with Gasteiger partial charge in [0, 0.05) is 6.04 Å². The van der Waals surface area contributed by atoms with Gasteiger partial charge in [-0.1, -0.05) is 12.8 Å². The van der Waals surface area contributed by atoms with Crippen LogP contribution in [0.2, 0.25) is 0 Å². The van der Waals surface area contributed by atoms with Gasteiger partial charge in [0.25, 0.3) is 5.91 Å². The molecule has 1 saturated heterocycles. The quantitative estimate of drug-likeness (QED) is 0.830. The predicted molar refractivity (Wildman–Crippen MR) is 71.3 cm³/mol. The van der Waals surface area contributed by atoms with Gasteiger partial charge in [-0.15, -0.1) is 0 Å². The molecule has 1 saturated carbocycles. The van der Waals surface area contributed by atoms with E-state index < -0.39 is 17.9 Å². The van der Waals surface area contributed by atoms with E-state index >= 15 is 0 Å². The fourth-order valence-electron chi connectivity index (χ4n) is 3.63. The maximum Gasteiger partial charge on any atom is 0.326 e. The summed E-state index contributed by atoms with van der Waals surface area (Å²) in [5.74, 6) is -1.21. The predicted octanol–water partition coefficient (Wildman–Crippen LogP) is 0.900. The van der Waals surface area contributed by atoms with Gasteiger partial charge in [0.2, 0.25) is 11.5 Å². The molecule has 1 amide bonds. The molecule has 3 N–H and O–H groups in total. The SMILES string of the molecule is Nc1nonc1C(=O)N1C(C(=O)O)CCC2CCCCC21. The van der Waals surface area contributed by atoms with Crippen LogP contribution in [0, 0.1) is 5.92 Å². The number of amides is 1. The molecule has 0 spiro atoms. The van der Waals surface area contributed by atoms with Crippen molar-refractivity contribution in [3.8, 4) is 0 Å². The number of aliphatic carboxylic acids is 1. The van der Waals surface area contributed by atoms with Crippen LogP contribution in [0.5, 0.6) is 0 Å². The van der Waals surface area contributed by atoms with Crippen LogP contribution in [0.4, 0.5) is 5.82 Å². The molecule has 0 radical (unpaired) electrons. The number of anilines is 1. The van der Waals surface area contributed by atoms with E-state index in [1.54, 1.807) is 0 Å². The molecule has 0 aromatic carbocycles. The highest BCUT2D eigenvalue weighted by Gasteiger charge is 2.45. The molecular weight excluding hydrogens is 276 g/mol. The van der Waals surface area contributed by atoms with Crippen LogP contribution < -0.4 is 5.73 Å². The van der Waals surface area contributed by atoms with Crippen molar-refractivity contribution < 1.29 is 19.3 Å². The van der Waals surface area contributed by atoms with Crippen molar-refractivity contribution in [3.05, 3.63) is 5.69 Å². The maximum atomic E-state index is 12.7. The summed E-state index contributed by atoms with van der Waals surface area (Å²) in [7, 11) is 0. The lowest BCUT2D eigenvalue weighted by molar-refractivity contribution is -0.146. The number of piperidine rings is 1. The maximum absolute atomic E-state index is 12.7. The Morgan fingerprint density at radius 2 is 1.95 bits per heavy atom. The number of aromatic nitrogens is 2. The first-order chi connectivity index (χ1) is 10.1. The Hall–Kier alpha value is -2.12. The number of carboxylic acids is 1. The summed E-state index contributed by atoms with van der Waals surface area (Å²) >= 11 is 0. The number of nitrogen functional groups attached to an aromatic ring is 1. The molecule has 2 aliphatic rings. The minimum atomic E-state index is -0.984. The van der Waals surface area contributed by atoms with E-state index in [0.29, 0.717) is 12.3 Å². The van der Waals surface area contributed by atoms with E-state index in [0.717, 1.165) is 32.1 Å². The standard InChI is InChI=1S/C13H18N4O4/c14-11-10(15-21-16-11)12(18)17-8-4-2-1-3-7(8)5-6-9(17)13(19)20/h7-9H,1-6H2,(H2,14,16)(H,19,20). The highest BCUT2D eigenvalue weighted by Crippen LogP contribution is 2.38. The highest BCUT2D eigenvalue weighted by molar-refractivity contribution is 5.98. The largest absolute Gasteiger partial charge is 0.480 e. The van der Waals surface area contributed by atoms with E-state index in [1.807, 2.05) is 0 Å². The third-order valence-corrected chi connectivity index (χ3v) is 4.61. The highest BCUT2D eigenvalue weighted by atomic mass is 16.6. The number of nitrogens with two attached hydrogens (primary N) is 1. The molecule has 114 valence electrons. The Kier molecular flexibility index (Phi) is 3.52. The van der Waals surface area contributed by atoms with Crippen LogP contribution in [0.15, 0.2) is 4.63 Å². The second kappa shape index (κ2) is 5.34. The van der Waals surface area contributed by atoms with Crippen LogP contribution >= 0.6 is 0 Å². The van der Waals surface area contributed by atoms with E-state index in [9.17, 15) is 14.7 Å². The molecule has 8 nitrogen and oxygen atoms in total. The number of hydrogen-bond acceptors (Lipinski definition) is 6. The van der Waals surface area contributed by atoms with Gasteiger partial charge in [-0.25, -0.2) is 9.42 Å². The fourth-order valence-corrected chi connectivity index (χ4v) is 3.63. The number of carboxylic acid groups (broad SMARTS) is 1. The fraction of sp³-hybridized carbons (Fsp3) is 0.692. The van der Waals surface area contributed by atoms with Crippen LogP contribution in [-0.4, -0.2) is 44.3 Å². The molecular formula is C13H18N4O4. The van der Waals surface area contributed by atoms with Gasteiger partial charge in [0.1, 0.15) is 6.04 Å². The number of carbonyl (C=O) groups is 2. The third kappa shape index (κ3) is 2.34. The summed E-state index contributed by atoms with van der Waals surface area (Å²) in [6, 6.07) is -0.884. The normalized spacial score (nSPS) is 29.0. The van der Waals surface area contributed by atoms with Crippen molar-refractivity contribution in [2.45, 2.75) is 50.6 Å². The van der Waals surface area contributed by atoms with E-state index in [1.165, 1.54) is 4.90 Å². The molecule has 3 unspecified atom stereocenters. The molecule has 2 heterocycles. The van der Waals surface area contributed by atoms with E-state index in [2.05, 4.69) is 14.9 Å². The molecule has 21 heavy (non-hydrogen) atoms. The van der Waals surface area contributed by atoms with E-state index in [-0.39, 0.29) is 17.6 Å². The van der Waals surface area contributed by atoms with Gasteiger partial charge in [0.05, 0.1) is 0 Å². The van der Waals surface area contributed by atoms with E-state index in [4.69, 9.17) is 5.73 Å². The molecule has 3 atom stereocenters. The second-order valence-electron chi connectivity index (χ2n) is 5.75. The summed E-state index contributed by atoms with van der Waals surface area (Å²) < 4.78 is 4.47. The minimum absolute atomic E-state index is 0.0581. The van der Waals surface area contributed by atoms with Crippen molar-refractivity contribution in [2.24, 2.45) is 5.92 Å². The lowest BCUT2D eigenvalue weighted by atomic mass is 9.76. The number of carbonyl (C=O) groups excluding carboxylic acids is 1. The van der Waals surface area contributed by atoms with Crippen LogP contribution in [0.3, 0.4) is 0 Å². The topological polar surface area (TPSA) is 123 Å². The van der Waals surface area contributed by atoms with Crippen molar-refractivity contribution >= 4 is 17.7 Å². The lowest BCUT2D eigenvalue weighted by Crippen LogP contribution is -2.57. The molecule has 2 fully saturated rings. The zero-order valence-electron chi connectivity index (χ0n) is 11.6. The molecule has 1 aliphatic heterocycles. The molecule has 1 aromatic heterocycles. The monoisotopic (exact) mass is 294 g/mol. The first-order valence-corrected chi connectivity index (χ1v) is 7.23. The minimum Gasteiger partial charge on any atom is -0.480 e. The Balaban J connectivity index is 1.94. The first kappa shape index (κ1) is 13.8. The Morgan fingerprint density at radius 1 is 1.19 bits per heavy atom. The smallest absolute Gasteiger partial charge is 0.326 e. The summed E-state index contributed by atoms with van der Waals surface area (Å²) in [4.78, 5) is 25.6. The first-order valence-electron chi connectivity index (χ1n) is 7.23. The average Bonchev–Trinajstić information content (AvgIpc) is 2.91. The Morgan fingerprint density at radius 3 is 2.62 bits per heavy atom. The van der Waals surface area contributed by atoms with Crippen LogP contribution in [-0.2, 0) is 4.79 Å². The van der Waals surface area contributed by atoms with Crippen LogP contribution in [0.25, 0.3) is 0 Å². The van der Waals surface area contributed by atoms with Gasteiger partial charge >= 0.3 is 5.97 Å². The molecule has 8 heteroatoms. The lowest BCUT2D eigenvalue weighted by Gasteiger charge is -2.46. The molecule has 3 rings (SSSR count). The van der Waals surface area contributed by atoms with Gasteiger partial charge in [-0.05, 0) is 41.9 Å². The summed E-state index contributed by atoms with van der Waals surface area (Å²) in [5.41, 5.74) is 5.49. The second-order valence-corrected chi connectivity index (χ2v) is 5.75. The number of likely N-dealkylation sites (tertiary alicyclic amines) is 1. The van der Waals surface area contributed by atoms with Crippen molar-refractivity contribution in [1.29, 1.82) is 0 Å². The number of rotatable bonds is 2. The average molecular weight is 294 g/mol. The van der Waals surface area contributed by atoms with Gasteiger partial charge in [-0.3, -0.25) is 4.79 Å². The van der Waals surface area contributed by atoms with Gasteiger partial charge in [0.15, 0.2) is 0 Å². The number of fused-ring (bicyclic) bond motifs is 1. The number of nitrogens with zero attached hydrogens (tertiary/aromatic N) is 3. The van der Waals surface area contributed by atoms with Crippen LogP contribution in [0.1, 0.15) is 49.0 Å². The van der Waals surface area contributed by atoms with Crippen molar-refractivity contribution in [1.82, 2.24) is 15.2 Å². The van der Waals surface area contributed by atoms with Crippen molar-refractivity contribution in [3.63, 3.8) is 0 Å². The molecule has 1 aliphatic carbocycles. The third-order valence-electron chi connectivity index (χ3n) is 4.61. The molecule has 0 bridgehead atoms. The molecule has 1 aromatic rings. The Bertz CT molecular complexity index is 558.